The van der Waals surface area contributed by atoms with Gasteiger partial charge in [0.2, 0.25) is 5.91 Å². The van der Waals surface area contributed by atoms with E-state index in [1.54, 1.807) is 37.8 Å². The molecule has 0 spiro atoms. The van der Waals surface area contributed by atoms with Crippen LogP contribution in [0.2, 0.25) is 0 Å². The maximum Gasteiger partial charge on any atom is 0.253 e. The highest BCUT2D eigenvalue weighted by atomic mass is 19.1. The number of aliphatic hydroxyl groups is 2. The Balaban J connectivity index is 0.00000742. The van der Waals surface area contributed by atoms with Crippen molar-refractivity contribution in [1.82, 2.24) is 15.5 Å². The van der Waals surface area contributed by atoms with Crippen LogP contribution < -0.4 is 10.6 Å². The van der Waals surface area contributed by atoms with Crippen molar-refractivity contribution in [2.24, 2.45) is 0 Å². The van der Waals surface area contributed by atoms with E-state index in [2.05, 4.69) is 23.5 Å². The molecular formula is C30H43F2N3O5. The van der Waals surface area contributed by atoms with Crippen LogP contribution in [0, 0.1) is 12.8 Å². The predicted octanol–water partition coefficient (Wildman–Crippen LogP) is 3.70. The molecule has 10 heteroatoms. The van der Waals surface area contributed by atoms with Gasteiger partial charge < -0.3 is 25.7 Å². The number of rotatable bonds is 15. The first-order valence-corrected chi connectivity index (χ1v) is 13.2. The highest BCUT2D eigenvalue weighted by Crippen LogP contribution is 2.17. The van der Waals surface area contributed by atoms with Gasteiger partial charge in [-0.1, -0.05) is 17.7 Å². The lowest BCUT2D eigenvalue weighted by atomic mass is 9.96. The Morgan fingerprint density at radius 3 is 2.20 bits per heavy atom. The lowest BCUT2D eigenvalue weighted by Crippen LogP contribution is -2.47. The van der Waals surface area contributed by atoms with Gasteiger partial charge in [-0.2, -0.15) is 0 Å². The summed E-state index contributed by atoms with van der Waals surface area (Å²) in [6, 6.07) is 5.03. The average Bonchev–Trinajstić information content (AvgIpc) is 2.93. The fourth-order valence-electron chi connectivity index (χ4n) is 3.77. The topological polar surface area (TPSA) is 119 Å². The van der Waals surface area contributed by atoms with E-state index >= 15 is 0 Å². The number of halogens is 2. The van der Waals surface area contributed by atoms with Gasteiger partial charge in [-0.3, -0.25) is 14.4 Å². The molecule has 1 rings (SSSR count). The van der Waals surface area contributed by atoms with Gasteiger partial charge >= 0.3 is 0 Å². The number of carbonyl (C=O) groups excluding carboxylic acids is 3. The molecule has 0 saturated carbocycles. The molecule has 1 unspecified atom stereocenters. The maximum absolute atomic E-state index is 13.6. The molecule has 0 aliphatic rings. The molecule has 0 bridgehead atoms. The fourth-order valence-corrected chi connectivity index (χ4v) is 3.77. The van der Waals surface area contributed by atoms with Crippen LogP contribution >= 0.6 is 0 Å². The van der Waals surface area contributed by atoms with E-state index in [0.29, 0.717) is 24.2 Å². The molecule has 4 N–H and O–H groups in total. The number of alkyl halides is 1. The normalized spacial score (nSPS) is 13.9. The van der Waals surface area contributed by atoms with Gasteiger partial charge in [0.25, 0.3) is 11.8 Å². The number of allylic oxidation sites excluding steroid dienone is 3. The standard InChI is InChI=1S/C28H41F2N3O5.C2H2/c1-6-33(7-2)28(38)21-10-8-9-20(16-21)26(36)32-23(15-19(5)11-12-22(30)13-14-29)24(34)17-25(35)27(37)31-18(3)4;1-2/h8-11,13,16,18,23-25,34-35H,6-7,12,14-15,17H2,1-5H3,(H,31,37)(H,32,36);1-2H/b19-11+,22-13+;/t23?,24-,25+;/m0./s1. The summed E-state index contributed by atoms with van der Waals surface area (Å²) in [4.78, 5) is 39.6. The molecule has 0 saturated heterocycles. The number of benzene rings is 1. The maximum atomic E-state index is 13.6. The first-order chi connectivity index (χ1) is 18.9. The number of nitrogens with zero attached hydrogens (tertiary/aromatic N) is 1. The molecule has 0 fully saturated rings. The summed E-state index contributed by atoms with van der Waals surface area (Å²) in [6.07, 6.45) is 7.05. The second-order valence-corrected chi connectivity index (χ2v) is 9.38. The molecule has 1 aromatic rings. The van der Waals surface area contributed by atoms with Crippen molar-refractivity contribution in [3.8, 4) is 12.8 Å². The first-order valence-electron chi connectivity index (χ1n) is 13.2. The van der Waals surface area contributed by atoms with Crippen LogP contribution in [0.25, 0.3) is 0 Å². The van der Waals surface area contributed by atoms with Crippen LogP contribution in [0.3, 0.4) is 0 Å². The molecule has 3 atom stereocenters. The molecule has 0 radical (unpaired) electrons. The van der Waals surface area contributed by atoms with Crippen molar-refractivity contribution in [2.45, 2.75) is 78.2 Å². The van der Waals surface area contributed by atoms with Crippen LogP contribution in [-0.2, 0) is 4.79 Å². The minimum atomic E-state index is -1.52. The van der Waals surface area contributed by atoms with E-state index in [4.69, 9.17) is 0 Å². The summed E-state index contributed by atoms with van der Waals surface area (Å²) >= 11 is 0. The number of amides is 3. The van der Waals surface area contributed by atoms with Crippen LogP contribution in [0.4, 0.5) is 8.78 Å². The molecule has 0 heterocycles. The molecular weight excluding hydrogens is 520 g/mol. The van der Waals surface area contributed by atoms with Gasteiger partial charge in [-0.15, -0.1) is 12.8 Å². The van der Waals surface area contributed by atoms with Crippen LogP contribution in [0.5, 0.6) is 0 Å². The van der Waals surface area contributed by atoms with Gasteiger partial charge in [-0.25, -0.2) is 8.78 Å². The van der Waals surface area contributed by atoms with Gasteiger partial charge in [0.05, 0.1) is 12.1 Å². The summed E-state index contributed by atoms with van der Waals surface area (Å²) in [7, 11) is 0. The molecule has 1 aromatic carbocycles. The Morgan fingerprint density at radius 2 is 1.65 bits per heavy atom. The molecule has 0 aliphatic heterocycles. The summed E-state index contributed by atoms with van der Waals surface area (Å²) in [5.41, 5.74) is 1.13. The van der Waals surface area contributed by atoms with Crippen LogP contribution in [0.1, 0.15) is 74.6 Å². The second kappa shape index (κ2) is 19.5. The van der Waals surface area contributed by atoms with Gasteiger partial charge in [0.15, 0.2) is 0 Å². The molecule has 0 aromatic heterocycles. The van der Waals surface area contributed by atoms with Gasteiger partial charge in [-0.05, 0) is 65.3 Å². The third-order valence-electron chi connectivity index (χ3n) is 5.89. The summed E-state index contributed by atoms with van der Waals surface area (Å²) in [6.45, 7) is 8.94. The van der Waals surface area contributed by atoms with Gasteiger partial charge in [0, 0.05) is 43.1 Å². The monoisotopic (exact) mass is 563 g/mol. The Morgan fingerprint density at radius 1 is 1.05 bits per heavy atom. The zero-order chi connectivity index (χ0) is 30.8. The third-order valence-corrected chi connectivity index (χ3v) is 5.89. The predicted molar refractivity (Wildman–Crippen MR) is 153 cm³/mol. The van der Waals surface area contributed by atoms with Crippen molar-refractivity contribution < 1.29 is 33.4 Å². The SMILES string of the molecule is C#C.CCN(CC)C(=O)c1cccc(C(=O)NC(C/C(C)=C/C/C(F)=C\CF)[C@@H](O)C[C@@H](O)C(=O)NC(C)C)c1. The Hall–Kier alpha value is -3.55. The Bertz CT molecular complexity index is 1040. The first kappa shape index (κ1) is 36.5. The lowest BCUT2D eigenvalue weighted by molar-refractivity contribution is -0.131. The van der Waals surface area contributed by atoms with E-state index < -0.39 is 42.6 Å². The molecule has 0 aliphatic carbocycles. The van der Waals surface area contributed by atoms with E-state index in [9.17, 15) is 33.4 Å². The third kappa shape index (κ3) is 13.0. The van der Waals surface area contributed by atoms with Gasteiger partial charge in [0.1, 0.15) is 18.6 Å². The van der Waals surface area contributed by atoms with E-state index in [1.807, 2.05) is 13.8 Å². The number of hydrogen-bond donors (Lipinski definition) is 4. The van der Waals surface area contributed by atoms with Crippen LogP contribution in [0.15, 0.2) is 47.8 Å². The summed E-state index contributed by atoms with van der Waals surface area (Å²) < 4.78 is 25.9. The van der Waals surface area contributed by atoms with E-state index in [1.165, 1.54) is 18.2 Å². The number of terminal acetylenes is 1. The fraction of sp³-hybridized carbons (Fsp3) is 0.500. The van der Waals surface area contributed by atoms with Crippen LogP contribution in [-0.4, -0.2) is 76.9 Å². The number of carbonyl (C=O) groups is 3. The zero-order valence-electron chi connectivity index (χ0n) is 24.0. The number of nitrogens with one attached hydrogen (secondary N) is 2. The second-order valence-electron chi connectivity index (χ2n) is 9.38. The minimum Gasteiger partial charge on any atom is -0.391 e. The van der Waals surface area contributed by atoms with Crippen molar-refractivity contribution >= 4 is 17.7 Å². The molecule has 8 nitrogen and oxygen atoms in total. The Kier molecular flexibility index (Phi) is 17.8. The highest BCUT2D eigenvalue weighted by molar-refractivity contribution is 5.99. The van der Waals surface area contributed by atoms with Crippen molar-refractivity contribution in [1.29, 1.82) is 0 Å². The average molecular weight is 564 g/mol. The summed E-state index contributed by atoms with van der Waals surface area (Å²) in [5, 5.41) is 26.4. The summed E-state index contributed by atoms with van der Waals surface area (Å²) in [5.74, 6) is -2.09. The molecule has 40 heavy (non-hydrogen) atoms. The van der Waals surface area contributed by atoms with Crippen molar-refractivity contribution in [3.63, 3.8) is 0 Å². The molecule has 3 amide bonds. The Labute approximate surface area is 236 Å². The molecule has 222 valence electrons. The number of hydrogen-bond acceptors (Lipinski definition) is 5. The smallest absolute Gasteiger partial charge is 0.253 e. The van der Waals surface area contributed by atoms with Crippen molar-refractivity contribution in [2.75, 3.05) is 19.8 Å². The minimum absolute atomic E-state index is 0.0758. The van der Waals surface area contributed by atoms with E-state index in [0.717, 1.165) is 6.08 Å². The quantitative estimate of drug-likeness (QED) is 0.192. The zero-order valence-corrected chi connectivity index (χ0v) is 24.0. The number of aliphatic hydroxyl groups excluding tert-OH is 2. The van der Waals surface area contributed by atoms with E-state index in [-0.39, 0.29) is 36.8 Å². The lowest BCUT2D eigenvalue weighted by Gasteiger charge is -2.26. The van der Waals surface area contributed by atoms with Crippen molar-refractivity contribution in [3.05, 3.63) is 58.9 Å². The highest BCUT2D eigenvalue weighted by Gasteiger charge is 2.28. The largest absolute Gasteiger partial charge is 0.391 e.